The molecule has 5 unspecified atom stereocenters. The topological polar surface area (TPSA) is 55.8 Å². The number of aliphatic hydroxyl groups excluding tert-OH is 1. The van der Waals surface area contributed by atoms with E-state index in [4.69, 9.17) is 9.47 Å². The van der Waals surface area contributed by atoms with Gasteiger partial charge in [-0.05, 0) is 85.0 Å². The quantitative estimate of drug-likeness (QED) is 0.649. The Morgan fingerprint density at radius 1 is 1.23 bits per heavy atom. The fourth-order valence-corrected chi connectivity index (χ4v) is 5.98. The molecule has 0 aliphatic heterocycles. The van der Waals surface area contributed by atoms with E-state index in [0.717, 1.165) is 38.5 Å². The van der Waals surface area contributed by atoms with Crippen LogP contribution in [0.1, 0.15) is 69.4 Å². The van der Waals surface area contributed by atoms with E-state index in [2.05, 4.69) is 13.0 Å². The van der Waals surface area contributed by atoms with Crippen LogP contribution in [0.3, 0.4) is 0 Å². The lowest BCUT2D eigenvalue weighted by molar-refractivity contribution is -0.134. The summed E-state index contributed by atoms with van der Waals surface area (Å²) in [7, 11) is 1.64. The van der Waals surface area contributed by atoms with Gasteiger partial charge in [0.2, 0.25) is 0 Å². The van der Waals surface area contributed by atoms with E-state index in [9.17, 15) is 9.90 Å². The zero-order valence-corrected chi connectivity index (χ0v) is 16.1. The Kier molecular flexibility index (Phi) is 4.50. The normalized spacial score (nSPS) is 35.2. The highest BCUT2D eigenvalue weighted by Gasteiger charge is 2.54. The smallest absolute Gasteiger partial charge is 0.311 e. The van der Waals surface area contributed by atoms with E-state index < -0.39 is 0 Å². The van der Waals surface area contributed by atoms with Crippen molar-refractivity contribution in [3.05, 3.63) is 23.3 Å². The molecule has 4 rings (SSSR count). The Hall–Kier alpha value is -1.55. The molecule has 0 bridgehead atoms. The summed E-state index contributed by atoms with van der Waals surface area (Å²) in [5, 5.41) is 10.5. The van der Waals surface area contributed by atoms with E-state index in [1.807, 2.05) is 6.07 Å². The Bertz CT molecular complexity index is 712. The second-order valence-corrected chi connectivity index (χ2v) is 8.58. The predicted molar refractivity (Wildman–Crippen MR) is 99.5 cm³/mol. The van der Waals surface area contributed by atoms with E-state index in [1.54, 1.807) is 14.0 Å². The number of hydrogen-bond donors (Lipinski definition) is 1. The lowest BCUT2D eigenvalue weighted by Gasteiger charge is -2.50. The average Bonchev–Trinajstić information content (AvgIpc) is 2.95. The second-order valence-electron chi connectivity index (χ2n) is 8.58. The van der Waals surface area contributed by atoms with Gasteiger partial charge in [-0.25, -0.2) is 0 Å². The van der Waals surface area contributed by atoms with Gasteiger partial charge in [-0.1, -0.05) is 13.8 Å². The number of ether oxygens (including phenoxy) is 2. The van der Waals surface area contributed by atoms with E-state index in [0.29, 0.717) is 35.7 Å². The molecule has 0 amide bonds. The van der Waals surface area contributed by atoms with Gasteiger partial charge in [0.15, 0.2) is 11.5 Å². The van der Waals surface area contributed by atoms with Gasteiger partial charge in [0.1, 0.15) is 0 Å². The van der Waals surface area contributed by atoms with Gasteiger partial charge in [0, 0.05) is 6.42 Å². The summed E-state index contributed by atoms with van der Waals surface area (Å²) in [6.45, 7) is 4.10. The molecule has 5 atom stereocenters. The molecule has 0 aromatic heterocycles. The standard InChI is InChI=1S/C22H30O4/c1-4-21(24)26-19-11-13-5-6-15-14(16(13)12-18(19)25-3)9-10-22(2)17(15)7-8-20(22)23/h11-12,14-15,17,20,23H,4-10H2,1-3H3. The van der Waals surface area contributed by atoms with Crippen LogP contribution in [0, 0.1) is 17.3 Å². The van der Waals surface area contributed by atoms with Gasteiger partial charge in [-0.3, -0.25) is 4.79 Å². The first-order valence-corrected chi connectivity index (χ1v) is 10.1. The van der Waals surface area contributed by atoms with Gasteiger partial charge in [0.25, 0.3) is 0 Å². The Morgan fingerprint density at radius 2 is 2.04 bits per heavy atom. The van der Waals surface area contributed by atoms with Crippen LogP contribution < -0.4 is 9.47 Å². The molecular formula is C22H30O4. The highest BCUT2D eigenvalue weighted by molar-refractivity contribution is 5.73. The summed E-state index contributed by atoms with van der Waals surface area (Å²) in [4.78, 5) is 11.7. The van der Waals surface area contributed by atoms with Crippen molar-refractivity contribution in [2.24, 2.45) is 17.3 Å². The largest absolute Gasteiger partial charge is 0.493 e. The molecule has 3 aliphatic carbocycles. The number of esters is 1. The van der Waals surface area contributed by atoms with E-state index in [1.165, 1.54) is 11.1 Å². The maximum Gasteiger partial charge on any atom is 0.311 e. The first-order valence-electron chi connectivity index (χ1n) is 10.1. The number of hydrogen-bond acceptors (Lipinski definition) is 4. The average molecular weight is 358 g/mol. The number of methoxy groups -OCH3 is 1. The lowest BCUT2D eigenvalue weighted by atomic mass is 9.55. The number of rotatable bonds is 3. The van der Waals surface area contributed by atoms with Gasteiger partial charge in [-0.15, -0.1) is 0 Å². The fraction of sp³-hybridized carbons (Fsp3) is 0.682. The Labute approximate surface area is 155 Å². The van der Waals surface area contributed by atoms with Gasteiger partial charge in [-0.2, -0.15) is 0 Å². The van der Waals surface area contributed by atoms with Crippen molar-refractivity contribution >= 4 is 5.97 Å². The van der Waals surface area contributed by atoms with E-state index in [-0.39, 0.29) is 17.5 Å². The van der Waals surface area contributed by atoms with Crippen molar-refractivity contribution in [2.75, 3.05) is 7.11 Å². The summed E-state index contributed by atoms with van der Waals surface area (Å²) in [6, 6.07) is 4.13. The number of benzene rings is 1. The van der Waals surface area contributed by atoms with Crippen LogP contribution in [0.4, 0.5) is 0 Å². The van der Waals surface area contributed by atoms with Gasteiger partial charge < -0.3 is 14.6 Å². The molecule has 2 saturated carbocycles. The molecule has 0 heterocycles. The molecule has 1 aromatic carbocycles. The molecule has 3 aliphatic rings. The number of fused-ring (bicyclic) bond motifs is 5. The molecule has 4 nitrogen and oxygen atoms in total. The van der Waals surface area contributed by atoms with Crippen LogP contribution in [-0.2, 0) is 11.2 Å². The molecule has 0 spiro atoms. The van der Waals surface area contributed by atoms with E-state index >= 15 is 0 Å². The first-order chi connectivity index (χ1) is 12.5. The molecule has 2 fully saturated rings. The number of carbonyl (C=O) groups excluding carboxylic acids is 1. The van der Waals surface area contributed by atoms with Crippen LogP contribution in [0.5, 0.6) is 11.5 Å². The third-order valence-electron chi connectivity index (χ3n) is 7.47. The minimum Gasteiger partial charge on any atom is -0.493 e. The highest BCUT2D eigenvalue weighted by Crippen LogP contribution is 2.61. The number of aliphatic hydroxyl groups is 1. The van der Waals surface area contributed by atoms with Crippen LogP contribution in [0.25, 0.3) is 0 Å². The monoisotopic (exact) mass is 358 g/mol. The molecule has 26 heavy (non-hydrogen) atoms. The number of carbonyl (C=O) groups is 1. The molecule has 1 aromatic rings. The van der Waals surface area contributed by atoms with Crippen molar-refractivity contribution in [1.29, 1.82) is 0 Å². The molecule has 1 N–H and O–H groups in total. The Balaban J connectivity index is 1.67. The number of aryl methyl sites for hydroxylation is 1. The Morgan fingerprint density at radius 3 is 2.77 bits per heavy atom. The molecule has 0 radical (unpaired) electrons. The molecule has 0 saturated heterocycles. The summed E-state index contributed by atoms with van der Waals surface area (Å²) < 4.78 is 11.0. The summed E-state index contributed by atoms with van der Waals surface area (Å²) >= 11 is 0. The zero-order chi connectivity index (χ0) is 18.5. The minimum atomic E-state index is -0.231. The summed E-state index contributed by atoms with van der Waals surface area (Å²) in [5.41, 5.74) is 2.77. The van der Waals surface area contributed by atoms with Gasteiger partial charge in [0.05, 0.1) is 13.2 Å². The third-order valence-corrected chi connectivity index (χ3v) is 7.47. The maximum atomic E-state index is 11.7. The summed E-state index contributed by atoms with van der Waals surface area (Å²) in [5.74, 6) is 2.77. The zero-order valence-electron chi connectivity index (χ0n) is 16.1. The van der Waals surface area contributed by atoms with Crippen molar-refractivity contribution in [2.45, 2.75) is 70.8 Å². The second kappa shape index (κ2) is 6.56. The fourth-order valence-electron chi connectivity index (χ4n) is 5.98. The van der Waals surface area contributed by atoms with Crippen molar-refractivity contribution < 1.29 is 19.4 Å². The van der Waals surface area contributed by atoms with Crippen molar-refractivity contribution in [1.82, 2.24) is 0 Å². The highest BCUT2D eigenvalue weighted by atomic mass is 16.6. The van der Waals surface area contributed by atoms with Crippen molar-refractivity contribution in [3.8, 4) is 11.5 Å². The predicted octanol–water partition coefficient (Wildman–Crippen LogP) is 4.23. The molecule has 142 valence electrons. The lowest BCUT2D eigenvalue weighted by Crippen LogP contribution is -2.43. The van der Waals surface area contributed by atoms with Crippen LogP contribution in [0.2, 0.25) is 0 Å². The van der Waals surface area contributed by atoms with Crippen molar-refractivity contribution in [3.63, 3.8) is 0 Å². The minimum absolute atomic E-state index is 0.0966. The van der Waals surface area contributed by atoms with Gasteiger partial charge >= 0.3 is 5.97 Å². The SMILES string of the molecule is CCC(=O)Oc1cc2c(cc1OC)C1CCC3(C)C(O)CCC3C1CC2. The summed E-state index contributed by atoms with van der Waals surface area (Å²) in [6.07, 6.45) is 6.71. The maximum absolute atomic E-state index is 11.7. The molecule has 4 heteroatoms. The van der Waals surface area contributed by atoms with Crippen LogP contribution in [-0.4, -0.2) is 24.3 Å². The molecular weight excluding hydrogens is 328 g/mol. The third kappa shape index (κ3) is 2.65. The van der Waals surface area contributed by atoms with Crippen LogP contribution >= 0.6 is 0 Å². The van der Waals surface area contributed by atoms with Crippen LogP contribution in [0.15, 0.2) is 12.1 Å². The first kappa shape index (κ1) is 17.8.